The molecule has 110 valence electrons. The lowest BCUT2D eigenvalue weighted by molar-refractivity contribution is -0.123. The van der Waals surface area contributed by atoms with E-state index in [0.29, 0.717) is 5.56 Å². The van der Waals surface area contributed by atoms with Crippen molar-refractivity contribution in [3.8, 4) is 5.75 Å². The van der Waals surface area contributed by atoms with E-state index in [0.717, 1.165) is 25.7 Å². The van der Waals surface area contributed by atoms with Gasteiger partial charge in [0.2, 0.25) is 0 Å². The summed E-state index contributed by atoms with van der Waals surface area (Å²) in [5.74, 6) is -0.774. The average Bonchev–Trinajstić information content (AvgIpc) is 2.90. The van der Waals surface area contributed by atoms with Gasteiger partial charge < -0.3 is 15.2 Å². The second kappa shape index (κ2) is 6.70. The third kappa shape index (κ3) is 3.93. The van der Waals surface area contributed by atoms with Crippen molar-refractivity contribution < 1.29 is 19.0 Å². The molecule has 1 fully saturated rings. The first-order valence-corrected chi connectivity index (χ1v) is 6.96. The Bertz CT molecular complexity index is 470. The van der Waals surface area contributed by atoms with Crippen LogP contribution in [0.2, 0.25) is 0 Å². The van der Waals surface area contributed by atoms with Gasteiger partial charge in [0.1, 0.15) is 0 Å². The van der Waals surface area contributed by atoms with E-state index in [-0.39, 0.29) is 24.3 Å². The van der Waals surface area contributed by atoms with Crippen molar-refractivity contribution in [3.63, 3.8) is 0 Å². The van der Waals surface area contributed by atoms with Crippen LogP contribution in [0.5, 0.6) is 5.75 Å². The van der Waals surface area contributed by atoms with Crippen LogP contribution in [-0.2, 0) is 4.79 Å². The standard InChI is InChI=1S/C15H20FNO3/c1-10(18)11-6-7-14(13(16)8-11)20-9-15(19)17-12-4-2-3-5-12/h6-8,10,12,18H,2-5,9H2,1H3,(H,17,19)/t10-/m1/s1. The van der Waals surface area contributed by atoms with Crippen LogP contribution in [0.15, 0.2) is 18.2 Å². The van der Waals surface area contributed by atoms with E-state index >= 15 is 0 Å². The lowest BCUT2D eigenvalue weighted by Crippen LogP contribution is -2.36. The van der Waals surface area contributed by atoms with Gasteiger partial charge in [0, 0.05) is 6.04 Å². The second-order valence-electron chi connectivity index (χ2n) is 5.20. The second-order valence-corrected chi connectivity index (χ2v) is 5.20. The van der Waals surface area contributed by atoms with Crippen molar-refractivity contribution >= 4 is 5.91 Å². The fourth-order valence-corrected chi connectivity index (χ4v) is 2.38. The van der Waals surface area contributed by atoms with Crippen molar-refractivity contribution in [1.82, 2.24) is 5.32 Å². The zero-order valence-electron chi connectivity index (χ0n) is 11.6. The van der Waals surface area contributed by atoms with E-state index in [9.17, 15) is 14.3 Å². The molecule has 0 aromatic heterocycles. The van der Waals surface area contributed by atoms with Crippen LogP contribution in [0, 0.1) is 5.82 Å². The summed E-state index contributed by atoms with van der Waals surface area (Å²) >= 11 is 0. The lowest BCUT2D eigenvalue weighted by atomic mass is 10.1. The molecule has 1 amide bonds. The number of hydrogen-bond acceptors (Lipinski definition) is 3. The number of benzene rings is 1. The maximum atomic E-state index is 13.7. The van der Waals surface area contributed by atoms with Gasteiger partial charge in [0.15, 0.2) is 18.2 Å². The number of halogens is 1. The lowest BCUT2D eigenvalue weighted by Gasteiger charge is -2.13. The monoisotopic (exact) mass is 281 g/mol. The topological polar surface area (TPSA) is 58.6 Å². The van der Waals surface area contributed by atoms with Gasteiger partial charge in [-0.3, -0.25) is 4.79 Å². The quantitative estimate of drug-likeness (QED) is 0.870. The Hall–Kier alpha value is -1.62. The summed E-state index contributed by atoms with van der Waals surface area (Å²) in [6.07, 6.45) is 3.55. The van der Waals surface area contributed by atoms with Crippen LogP contribution in [-0.4, -0.2) is 23.7 Å². The third-order valence-corrected chi connectivity index (χ3v) is 3.52. The molecule has 0 aliphatic heterocycles. The molecular weight excluding hydrogens is 261 g/mol. The van der Waals surface area contributed by atoms with Crippen LogP contribution < -0.4 is 10.1 Å². The van der Waals surface area contributed by atoms with Crippen molar-refractivity contribution in [2.45, 2.75) is 44.8 Å². The Morgan fingerprint density at radius 1 is 1.50 bits per heavy atom. The zero-order valence-corrected chi connectivity index (χ0v) is 11.6. The molecule has 2 rings (SSSR count). The van der Waals surface area contributed by atoms with Crippen LogP contribution in [0.3, 0.4) is 0 Å². The molecule has 0 saturated heterocycles. The molecule has 0 heterocycles. The van der Waals surface area contributed by atoms with Gasteiger partial charge in [0.25, 0.3) is 5.91 Å². The Kier molecular flexibility index (Phi) is 4.95. The minimum atomic E-state index is -0.732. The SMILES string of the molecule is C[C@@H](O)c1ccc(OCC(=O)NC2CCCC2)c(F)c1. The van der Waals surface area contributed by atoms with Crippen molar-refractivity contribution in [3.05, 3.63) is 29.6 Å². The highest BCUT2D eigenvalue weighted by Crippen LogP contribution is 2.22. The Balaban J connectivity index is 1.85. The van der Waals surface area contributed by atoms with Crippen molar-refractivity contribution in [2.24, 2.45) is 0 Å². The van der Waals surface area contributed by atoms with E-state index in [4.69, 9.17) is 4.74 Å². The molecule has 0 unspecified atom stereocenters. The van der Waals surface area contributed by atoms with E-state index < -0.39 is 11.9 Å². The number of nitrogens with one attached hydrogen (secondary N) is 1. The number of hydrogen-bond donors (Lipinski definition) is 2. The Morgan fingerprint density at radius 2 is 2.20 bits per heavy atom. The number of amides is 1. The summed E-state index contributed by atoms with van der Waals surface area (Å²) < 4.78 is 18.9. The maximum absolute atomic E-state index is 13.7. The normalized spacial score (nSPS) is 16.9. The summed E-state index contributed by atoms with van der Waals surface area (Å²) in [5, 5.41) is 12.2. The van der Waals surface area contributed by atoms with E-state index in [1.165, 1.54) is 12.1 Å². The molecule has 0 radical (unpaired) electrons. The Morgan fingerprint density at radius 3 is 2.80 bits per heavy atom. The predicted molar refractivity (Wildman–Crippen MR) is 72.9 cm³/mol. The number of ether oxygens (including phenoxy) is 1. The minimum Gasteiger partial charge on any atom is -0.481 e. The molecule has 4 nitrogen and oxygen atoms in total. The predicted octanol–water partition coefficient (Wildman–Crippen LogP) is 2.32. The molecule has 1 saturated carbocycles. The van der Waals surface area contributed by atoms with Crippen LogP contribution in [0.1, 0.15) is 44.3 Å². The smallest absolute Gasteiger partial charge is 0.258 e. The third-order valence-electron chi connectivity index (χ3n) is 3.52. The highest BCUT2D eigenvalue weighted by atomic mass is 19.1. The first-order valence-electron chi connectivity index (χ1n) is 6.96. The zero-order chi connectivity index (χ0) is 14.5. The average molecular weight is 281 g/mol. The van der Waals surface area contributed by atoms with Gasteiger partial charge in [-0.15, -0.1) is 0 Å². The van der Waals surface area contributed by atoms with E-state index in [2.05, 4.69) is 5.32 Å². The number of aliphatic hydroxyl groups excluding tert-OH is 1. The summed E-state index contributed by atoms with van der Waals surface area (Å²) in [7, 11) is 0. The summed E-state index contributed by atoms with van der Waals surface area (Å²) in [5.41, 5.74) is 0.477. The Labute approximate surface area is 117 Å². The highest BCUT2D eigenvalue weighted by Gasteiger charge is 2.17. The summed E-state index contributed by atoms with van der Waals surface area (Å²) in [6.45, 7) is 1.37. The molecule has 1 atom stereocenters. The number of aliphatic hydroxyl groups is 1. The molecule has 1 aliphatic carbocycles. The van der Waals surface area contributed by atoms with Gasteiger partial charge in [-0.1, -0.05) is 18.9 Å². The van der Waals surface area contributed by atoms with Crippen LogP contribution in [0.25, 0.3) is 0 Å². The first kappa shape index (κ1) is 14.8. The molecule has 1 aromatic rings. The molecule has 1 aromatic carbocycles. The molecular formula is C15H20FNO3. The number of carbonyl (C=O) groups is 1. The fraction of sp³-hybridized carbons (Fsp3) is 0.533. The minimum absolute atomic E-state index is 0.0240. The molecule has 2 N–H and O–H groups in total. The van der Waals surface area contributed by atoms with Crippen molar-refractivity contribution in [1.29, 1.82) is 0 Å². The van der Waals surface area contributed by atoms with Gasteiger partial charge in [-0.25, -0.2) is 4.39 Å². The largest absolute Gasteiger partial charge is 0.481 e. The van der Waals surface area contributed by atoms with Gasteiger partial charge >= 0.3 is 0 Å². The van der Waals surface area contributed by atoms with Gasteiger partial charge in [-0.2, -0.15) is 0 Å². The van der Waals surface area contributed by atoms with Gasteiger partial charge in [-0.05, 0) is 37.5 Å². The molecule has 0 bridgehead atoms. The molecule has 1 aliphatic rings. The number of rotatable bonds is 5. The molecule has 5 heteroatoms. The van der Waals surface area contributed by atoms with Gasteiger partial charge in [0.05, 0.1) is 6.10 Å². The van der Waals surface area contributed by atoms with Crippen LogP contribution in [0.4, 0.5) is 4.39 Å². The number of carbonyl (C=O) groups excluding carboxylic acids is 1. The summed E-state index contributed by atoms with van der Waals surface area (Å²) in [4.78, 5) is 11.7. The van der Waals surface area contributed by atoms with Crippen LogP contribution >= 0.6 is 0 Å². The first-order chi connectivity index (χ1) is 9.56. The maximum Gasteiger partial charge on any atom is 0.258 e. The van der Waals surface area contributed by atoms with Crippen molar-refractivity contribution in [2.75, 3.05) is 6.61 Å². The highest BCUT2D eigenvalue weighted by molar-refractivity contribution is 5.77. The molecule has 20 heavy (non-hydrogen) atoms. The fourth-order valence-electron chi connectivity index (χ4n) is 2.38. The van der Waals surface area contributed by atoms with E-state index in [1.807, 2.05) is 0 Å². The van der Waals surface area contributed by atoms with E-state index in [1.54, 1.807) is 13.0 Å². The molecule has 0 spiro atoms. The summed E-state index contributed by atoms with van der Waals surface area (Å²) in [6, 6.07) is 4.46.